The topological polar surface area (TPSA) is 82.6 Å². The average molecular weight is 534 g/mol. The molecule has 0 radical (unpaired) electrons. The Bertz CT molecular complexity index is 1230. The summed E-state index contributed by atoms with van der Waals surface area (Å²) in [4.78, 5) is 22.2. The second-order valence-electron chi connectivity index (χ2n) is 9.04. The van der Waals surface area contributed by atoms with E-state index in [-0.39, 0.29) is 22.3 Å². The van der Waals surface area contributed by atoms with E-state index in [9.17, 15) is 9.18 Å². The van der Waals surface area contributed by atoms with Crippen LogP contribution < -0.4 is 19.3 Å². The molecule has 0 aliphatic carbocycles. The molecule has 1 amide bonds. The molecule has 1 aliphatic rings. The predicted octanol–water partition coefficient (Wildman–Crippen LogP) is 5.18. The highest BCUT2D eigenvalue weighted by Gasteiger charge is 2.46. The van der Waals surface area contributed by atoms with Gasteiger partial charge in [0.15, 0.2) is 11.4 Å². The summed E-state index contributed by atoms with van der Waals surface area (Å²) in [7, 11) is 1.55. The maximum absolute atomic E-state index is 13.5. The Morgan fingerprint density at radius 1 is 1.12 bits per heavy atom. The molecule has 3 aromatic rings. The fraction of sp³-hybridized carbons (Fsp3) is 0.375. The van der Waals surface area contributed by atoms with Crippen LogP contribution in [-0.4, -0.2) is 55.0 Å². The maximum atomic E-state index is 13.5. The molecule has 34 heavy (non-hydrogen) atoms. The van der Waals surface area contributed by atoms with Crippen LogP contribution in [0.2, 0.25) is 0 Å². The molecule has 8 nitrogen and oxygen atoms in total. The largest absolute Gasteiger partial charge is 0.521 e. The SMILES string of the molecule is COc1cc2c(Oc3ccc(F)cc3Br)ncnc2cc1[N+]1(C(=O)OC(C)(C)C)CCNCC1. The van der Waals surface area contributed by atoms with E-state index in [1.807, 2.05) is 26.8 Å². The van der Waals surface area contributed by atoms with E-state index in [2.05, 4.69) is 31.2 Å². The molecule has 2 heterocycles. The van der Waals surface area contributed by atoms with Crippen molar-refractivity contribution in [3.8, 4) is 17.4 Å². The van der Waals surface area contributed by atoms with Gasteiger partial charge in [-0.2, -0.15) is 9.28 Å². The molecule has 1 fully saturated rings. The van der Waals surface area contributed by atoms with Crippen molar-refractivity contribution in [1.29, 1.82) is 0 Å². The Morgan fingerprint density at radius 2 is 1.85 bits per heavy atom. The van der Waals surface area contributed by atoms with E-state index in [1.165, 1.54) is 24.5 Å². The van der Waals surface area contributed by atoms with Crippen LogP contribution in [0.3, 0.4) is 0 Å². The van der Waals surface area contributed by atoms with Gasteiger partial charge in [-0.1, -0.05) is 0 Å². The Morgan fingerprint density at radius 3 is 2.50 bits per heavy atom. The zero-order valence-electron chi connectivity index (χ0n) is 19.5. The van der Waals surface area contributed by atoms with E-state index >= 15 is 0 Å². The van der Waals surface area contributed by atoms with Gasteiger partial charge in [0.25, 0.3) is 0 Å². The molecule has 0 unspecified atom stereocenters. The zero-order chi connectivity index (χ0) is 24.5. The van der Waals surface area contributed by atoms with E-state index in [4.69, 9.17) is 14.2 Å². The van der Waals surface area contributed by atoms with Gasteiger partial charge < -0.3 is 19.5 Å². The fourth-order valence-corrected chi connectivity index (χ4v) is 4.37. The van der Waals surface area contributed by atoms with Crippen molar-refractivity contribution >= 4 is 38.6 Å². The smallest absolute Gasteiger partial charge is 0.491 e. The summed E-state index contributed by atoms with van der Waals surface area (Å²) < 4.78 is 31.5. The fourth-order valence-electron chi connectivity index (χ4n) is 3.94. The van der Waals surface area contributed by atoms with Crippen LogP contribution in [0.25, 0.3) is 10.9 Å². The number of nitrogens with zero attached hydrogens (tertiary/aromatic N) is 3. The second-order valence-corrected chi connectivity index (χ2v) is 9.90. The lowest BCUT2D eigenvalue weighted by molar-refractivity contribution is 0.0237. The first-order chi connectivity index (χ1) is 16.1. The number of rotatable bonds is 4. The van der Waals surface area contributed by atoms with Crippen LogP contribution in [0.5, 0.6) is 17.4 Å². The summed E-state index contributed by atoms with van der Waals surface area (Å²) in [6, 6.07) is 7.74. The van der Waals surface area contributed by atoms with Gasteiger partial charge in [0.05, 0.1) is 22.5 Å². The number of nitrogens with one attached hydrogen (secondary N) is 1. The highest BCUT2D eigenvalue weighted by atomic mass is 79.9. The summed E-state index contributed by atoms with van der Waals surface area (Å²) in [6.45, 7) is 7.87. The third-order valence-corrected chi connectivity index (χ3v) is 6.16. The van der Waals surface area contributed by atoms with Crippen LogP contribution in [-0.2, 0) is 4.74 Å². The number of ether oxygens (including phenoxy) is 3. The van der Waals surface area contributed by atoms with Gasteiger partial charge in [-0.3, -0.25) is 0 Å². The maximum Gasteiger partial charge on any atom is 0.521 e. The van der Waals surface area contributed by atoms with Gasteiger partial charge >= 0.3 is 6.09 Å². The Balaban J connectivity index is 1.83. The minimum atomic E-state index is -0.636. The number of quaternary nitrogens is 1. The lowest BCUT2D eigenvalue weighted by Gasteiger charge is -2.39. The molecule has 1 saturated heterocycles. The first-order valence-corrected chi connectivity index (χ1v) is 11.7. The molecule has 4 rings (SSSR count). The third kappa shape index (κ3) is 4.84. The number of hydrogen-bond donors (Lipinski definition) is 1. The number of methoxy groups -OCH3 is 1. The molecule has 0 bridgehead atoms. The van der Waals surface area contributed by atoms with E-state index in [0.717, 1.165) is 0 Å². The number of hydrogen-bond acceptors (Lipinski definition) is 7. The monoisotopic (exact) mass is 533 g/mol. The molecule has 10 heteroatoms. The number of benzene rings is 2. The first kappa shape index (κ1) is 24.3. The van der Waals surface area contributed by atoms with Crippen LogP contribution >= 0.6 is 15.9 Å². The molecular formula is C24H27BrFN4O4+. The molecule has 180 valence electrons. The number of aromatic nitrogens is 2. The van der Waals surface area contributed by atoms with Gasteiger partial charge in [-0.25, -0.2) is 14.4 Å². The normalized spacial score (nSPS) is 15.7. The highest BCUT2D eigenvalue weighted by molar-refractivity contribution is 9.10. The lowest BCUT2D eigenvalue weighted by Crippen LogP contribution is -2.64. The van der Waals surface area contributed by atoms with Gasteiger partial charge in [-0.15, -0.1) is 0 Å². The zero-order valence-corrected chi connectivity index (χ0v) is 21.1. The van der Waals surface area contributed by atoms with Crippen LogP contribution in [0.4, 0.5) is 14.9 Å². The molecule has 0 spiro atoms. The molecule has 0 atom stereocenters. The summed E-state index contributed by atoms with van der Waals surface area (Å²) >= 11 is 3.31. The summed E-state index contributed by atoms with van der Waals surface area (Å²) in [5.74, 6) is 0.804. The molecule has 0 saturated carbocycles. The van der Waals surface area contributed by atoms with Crippen molar-refractivity contribution < 1.29 is 23.4 Å². The third-order valence-electron chi connectivity index (χ3n) is 5.54. The summed E-state index contributed by atoms with van der Waals surface area (Å²) in [5.41, 5.74) is 0.611. The number of amides is 1. The minimum absolute atomic E-state index is 0.0207. The summed E-state index contributed by atoms with van der Waals surface area (Å²) in [6.07, 6.45) is 1.05. The van der Waals surface area contributed by atoms with Crippen molar-refractivity contribution in [3.63, 3.8) is 0 Å². The Kier molecular flexibility index (Phi) is 6.75. The number of halogens is 2. The number of piperazine rings is 1. The van der Waals surface area contributed by atoms with Crippen molar-refractivity contribution in [2.45, 2.75) is 26.4 Å². The first-order valence-electron chi connectivity index (χ1n) is 10.9. The lowest BCUT2D eigenvalue weighted by atomic mass is 10.1. The van der Waals surface area contributed by atoms with Crippen LogP contribution in [0, 0.1) is 5.82 Å². The number of carbonyl (C=O) groups excluding carboxylic acids is 1. The molecular weight excluding hydrogens is 507 g/mol. The van der Waals surface area contributed by atoms with Gasteiger partial charge in [0, 0.05) is 25.2 Å². The molecule has 1 aliphatic heterocycles. The molecule has 1 N–H and O–H groups in total. The summed E-state index contributed by atoms with van der Waals surface area (Å²) in [5, 5.41) is 3.90. The van der Waals surface area contributed by atoms with Gasteiger partial charge in [-0.05, 0) is 54.9 Å². The average Bonchev–Trinajstić information content (AvgIpc) is 2.79. The van der Waals surface area contributed by atoms with Gasteiger partial charge in [0.2, 0.25) is 5.88 Å². The van der Waals surface area contributed by atoms with Crippen molar-refractivity contribution in [2.75, 3.05) is 33.3 Å². The van der Waals surface area contributed by atoms with Crippen molar-refractivity contribution in [2.24, 2.45) is 0 Å². The quantitative estimate of drug-likeness (QED) is 0.462. The Labute approximate surface area is 205 Å². The minimum Gasteiger partial charge on any atom is -0.491 e. The van der Waals surface area contributed by atoms with E-state index in [1.54, 1.807) is 13.2 Å². The Hall–Kier alpha value is -2.82. The second kappa shape index (κ2) is 9.44. The molecule has 2 aromatic carbocycles. The van der Waals surface area contributed by atoms with E-state index < -0.39 is 5.60 Å². The highest BCUT2D eigenvalue weighted by Crippen LogP contribution is 2.41. The standard InChI is InChI=1S/C24H27BrFN4O4/c1-24(2,3)34-23(31)30(9-7-27-8-10-30)19-13-18-16(12-21(19)32-4)22(29-14-28-18)33-20-6-5-15(26)11-17(20)25/h5-6,11-14,27H,7-10H2,1-4H3/q+1. The molecule has 1 aromatic heterocycles. The van der Waals surface area contributed by atoms with Crippen molar-refractivity contribution in [1.82, 2.24) is 19.8 Å². The van der Waals surface area contributed by atoms with E-state index in [0.29, 0.717) is 58.7 Å². The predicted molar refractivity (Wildman–Crippen MR) is 131 cm³/mol. The van der Waals surface area contributed by atoms with Crippen LogP contribution in [0.15, 0.2) is 41.1 Å². The van der Waals surface area contributed by atoms with Gasteiger partial charge in [0.1, 0.15) is 36.6 Å². The van der Waals surface area contributed by atoms with Crippen LogP contribution in [0.1, 0.15) is 20.8 Å². The number of carbonyl (C=O) groups is 1. The number of fused-ring (bicyclic) bond motifs is 1. The van der Waals surface area contributed by atoms with Crippen molar-refractivity contribution in [3.05, 3.63) is 46.9 Å².